The molecule has 0 unspecified atom stereocenters. The van der Waals surface area contributed by atoms with Gasteiger partial charge in [-0.3, -0.25) is 4.79 Å². The van der Waals surface area contributed by atoms with E-state index in [2.05, 4.69) is 0 Å². The highest BCUT2D eigenvalue weighted by Crippen LogP contribution is 2.14. The summed E-state index contributed by atoms with van der Waals surface area (Å²) in [4.78, 5) is 11.8. The molecular weight excluding hydrogens is 219 g/mol. The molecule has 3 heteroatoms. The Morgan fingerprint density at radius 1 is 1.24 bits per heavy atom. The average Bonchev–Trinajstić information content (AvgIpc) is 2.81. The molecule has 0 spiro atoms. The Hall–Kier alpha value is -1.90. The van der Waals surface area contributed by atoms with Crippen LogP contribution >= 0.6 is 0 Å². The minimum atomic E-state index is -0.358. The number of hydrogen-bond donors (Lipinski definition) is 0. The van der Waals surface area contributed by atoms with Gasteiger partial charge in [-0.1, -0.05) is 25.1 Å². The van der Waals surface area contributed by atoms with Crippen molar-refractivity contribution in [3.05, 3.63) is 59.3 Å². The standard InChI is InChI=1S/C14H13FO2/c1-2-11-7-8-14(17-11)13(16)9-10-5-3-4-6-12(10)15/h3-8H,2,9H2,1H3. The molecule has 0 N–H and O–H groups in total. The Labute approximate surface area is 99.1 Å². The van der Waals surface area contributed by atoms with Crippen molar-refractivity contribution in [3.63, 3.8) is 0 Å². The van der Waals surface area contributed by atoms with Crippen LogP contribution in [0.25, 0.3) is 0 Å². The first-order valence-corrected chi connectivity index (χ1v) is 5.56. The van der Waals surface area contributed by atoms with Crippen LogP contribution in [0.1, 0.15) is 28.8 Å². The van der Waals surface area contributed by atoms with Crippen molar-refractivity contribution in [3.8, 4) is 0 Å². The number of carbonyl (C=O) groups excluding carboxylic acids is 1. The SMILES string of the molecule is CCc1ccc(C(=O)Cc2ccccc2F)o1. The van der Waals surface area contributed by atoms with Gasteiger partial charge >= 0.3 is 0 Å². The van der Waals surface area contributed by atoms with Gasteiger partial charge in [0.05, 0.1) is 0 Å². The fourth-order valence-electron chi connectivity index (χ4n) is 1.62. The van der Waals surface area contributed by atoms with E-state index in [1.54, 1.807) is 30.3 Å². The lowest BCUT2D eigenvalue weighted by Gasteiger charge is -2.00. The van der Waals surface area contributed by atoms with Gasteiger partial charge in [-0.25, -0.2) is 4.39 Å². The van der Waals surface area contributed by atoms with E-state index in [1.807, 2.05) is 6.92 Å². The molecule has 17 heavy (non-hydrogen) atoms. The molecule has 1 heterocycles. The van der Waals surface area contributed by atoms with Crippen LogP contribution in [-0.2, 0) is 12.8 Å². The maximum atomic E-state index is 13.4. The molecule has 1 aromatic heterocycles. The summed E-state index contributed by atoms with van der Waals surface area (Å²) in [5.41, 5.74) is 0.395. The van der Waals surface area contributed by atoms with Crippen molar-refractivity contribution in [2.24, 2.45) is 0 Å². The van der Waals surface area contributed by atoms with E-state index < -0.39 is 0 Å². The lowest BCUT2D eigenvalue weighted by Crippen LogP contribution is -2.03. The van der Waals surface area contributed by atoms with Crippen LogP contribution in [0, 0.1) is 5.82 Å². The maximum absolute atomic E-state index is 13.4. The van der Waals surface area contributed by atoms with E-state index >= 15 is 0 Å². The van der Waals surface area contributed by atoms with Gasteiger partial charge < -0.3 is 4.42 Å². The van der Waals surface area contributed by atoms with Crippen LogP contribution in [0.2, 0.25) is 0 Å². The molecule has 0 radical (unpaired) electrons. The van der Waals surface area contributed by atoms with Gasteiger partial charge in [0.1, 0.15) is 11.6 Å². The molecule has 1 aromatic carbocycles. The third-order valence-corrected chi connectivity index (χ3v) is 2.59. The van der Waals surface area contributed by atoms with E-state index in [4.69, 9.17) is 4.42 Å². The first kappa shape index (κ1) is 11.6. The normalized spacial score (nSPS) is 10.5. The van der Waals surface area contributed by atoms with Gasteiger partial charge in [0, 0.05) is 12.8 Å². The van der Waals surface area contributed by atoms with Gasteiger partial charge in [0.15, 0.2) is 5.76 Å². The van der Waals surface area contributed by atoms with Crippen LogP contribution in [0.3, 0.4) is 0 Å². The third-order valence-electron chi connectivity index (χ3n) is 2.59. The van der Waals surface area contributed by atoms with E-state index in [-0.39, 0.29) is 18.0 Å². The Morgan fingerprint density at radius 2 is 2.00 bits per heavy atom. The number of furan rings is 1. The van der Waals surface area contributed by atoms with E-state index in [0.29, 0.717) is 11.3 Å². The highest BCUT2D eigenvalue weighted by Gasteiger charge is 2.13. The molecule has 2 aromatic rings. The topological polar surface area (TPSA) is 30.2 Å². The number of carbonyl (C=O) groups is 1. The van der Waals surface area contributed by atoms with Crippen molar-refractivity contribution in [1.82, 2.24) is 0 Å². The second kappa shape index (κ2) is 4.95. The molecular formula is C14H13FO2. The molecule has 0 bridgehead atoms. The van der Waals surface area contributed by atoms with Crippen LogP contribution < -0.4 is 0 Å². The summed E-state index contributed by atoms with van der Waals surface area (Å²) in [5, 5.41) is 0. The van der Waals surface area contributed by atoms with Crippen LogP contribution in [0.15, 0.2) is 40.8 Å². The van der Waals surface area contributed by atoms with E-state index in [9.17, 15) is 9.18 Å². The van der Waals surface area contributed by atoms with Gasteiger partial charge in [0.25, 0.3) is 0 Å². The van der Waals surface area contributed by atoms with Crippen molar-refractivity contribution in [1.29, 1.82) is 0 Å². The zero-order chi connectivity index (χ0) is 12.3. The first-order valence-electron chi connectivity index (χ1n) is 5.56. The number of halogens is 1. The summed E-state index contributed by atoms with van der Waals surface area (Å²) in [5.74, 6) is 0.505. The highest BCUT2D eigenvalue weighted by atomic mass is 19.1. The summed E-state index contributed by atoms with van der Waals surface area (Å²) in [6.07, 6.45) is 0.774. The van der Waals surface area contributed by atoms with Crippen LogP contribution in [-0.4, -0.2) is 5.78 Å². The Morgan fingerprint density at radius 3 is 2.65 bits per heavy atom. The van der Waals surface area contributed by atoms with Gasteiger partial charge in [-0.15, -0.1) is 0 Å². The lowest BCUT2D eigenvalue weighted by molar-refractivity contribution is 0.0963. The molecule has 0 saturated carbocycles. The van der Waals surface area contributed by atoms with Crippen LogP contribution in [0.5, 0.6) is 0 Å². The third kappa shape index (κ3) is 2.61. The van der Waals surface area contributed by atoms with E-state index in [0.717, 1.165) is 12.2 Å². The molecule has 2 rings (SSSR count). The zero-order valence-corrected chi connectivity index (χ0v) is 9.57. The summed E-state index contributed by atoms with van der Waals surface area (Å²) < 4.78 is 18.7. The molecule has 0 amide bonds. The summed E-state index contributed by atoms with van der Waals surface area (Å²) in [7, 11) is 0. The molecule has 0 atom stereocenters. The monoisotopic (exact) mass is 232 g/mol. The zero-order valence-electron chi connectivity index (χ0n) is 9.57. The van der Waals surface area contributed by atoms with Crippen molar-refractivity contribution in [2.45, 2.75) is 19.8 Å². The molecule has 0 aliphatic carbocycles. The number of benzene rings is 1. The largest absolute Gasteiger partial charge is 0.458 e. The molecule has 0 saturated heterocycles. The molecule has 88 valence electrons. The molecule has 0 fully saturated rings. The van der Waals surface area contributed by atoms with Gasteiger partial charge in [-0.05, 0) is 23.8 Å². The van der Waals surface area contributed by atoms with Crippen molar-refractivity contribution in [2.75, 3.05) is 0 Å². The second-order valence-corrected chi connectivity index (χ2v) is 3.81. The number of Topliss-reactive ketones (excluding diaryl/α,β-unsaturated/α-hetero) is 1. The maximum Gasteiger partial charge on any atom is 0.202 e. The quantitative estimate of drug-likeness (QED) is 0.756. The first-order chi connectivity index (χ1) is 8.20. The Balaban J connectivity index is 2.14. The number of hydrogen-bond acceptors (Lipinski definition) is 2. The van der Waals surface area contributed by atoms with Crippen LogP contribution in [0.4, 0.5) is 4.39 Å². The Bertz CT molecular complexity index is 529. The molecule has 0 aliphatic heterocycles. The smallest absolute Gasteiger partial charge is 0.202 e. The second-order valence-electron chi connectivity index (χ2n) is 3.81. The minimum absolute atomic E-state index is 0.0311. The predicted octanol–water partition coefficient (Wildman–Crippen LogP) is 3.41. The summed E-state index contributed by atoms with van der Waals surface area (Å²) >= 11 is 0. The lowest BCUT2D eigenvalue weighted by atomic mass is 10.1. The summed E-state index contributed by atoms with van der Waals surface area (Å²) in [6, 6.07) is 9.69. The number of aryl methyl sites for hydroxylation is 1. The fraction of sp³-hybridized carbons (Fsp3) is 0.214. The van der Waals surface area contributed by atoms with Gasteiger partial charge in [-0.2, -0.15) is 0 Å². The molecule has 2 nitrogen and oxygen atoms in total. The number of rotatable bonds is 4. The highest BCUT2D eigenvalue weighted by molar-refractivity contribution is 5.95. The van der Waals surface area contributed by atoms with Crippen molar-refractivity contribution >= 4 is 5.78 Å². The summed E-state index contributed by atoms with van der Waals surface area (Å²) in [6.45, 7) is 1.95. The van der Waals surface area contributed by atoms with Crippen molar-refractivity contribution < 1.29 is 13.6 Å². The predicted molar refractivity (Wildman–Crippen MR) is 62.5 cm³/mol. The minimum Gasteiger partial charge on any atom is -0.458 e. The molecule has 0 aliphatic rings. The Kier molecular flexibility index (Phi) is 3.38. The van der Waals surface area contributed by atoms with Gasteiger partial charge in [0.2, 0.25) is 5.78 Å². The average molecular weight is 232 g/mol. The fourth-order valence-corrected chi connectivity index (χ4v) is 1.62. The number of ketones is 1. The van der Waals surface area contributed by atoms with E-state index in [1.165, 1.54) is 6.07 Å².